The molecule has 0 amide bonds. The van der Waals surface area contributed by atoms with E-state index in [1.165, 1.54) is 12.8 Å². The van der Waals surface area contributed by atoms with Gasteiger partial charge in [-0.25, -0.2) is 9.97 Å². The molecule has 2 aliphatic rings. The Labute approximate surface area is 125 Å². The fraction of sp³-hybridized carbons (Fsp3) is 0.467. The summed E-state index contributed by atoms with van der Waals surface area (Å²) in [5, 5.41) is 0. The van der Waals surface area contributed by atoms with E-state index >= 15 is 0 Å². The lowest BCUT2D eigenvalue weighted by molar-refractivity contribution is 0.140. The minimum atomic E-state index is 0. The van der Waals surface area contributed by atoms with E-state index in [1.807, 2.05) is 12.4 Å². The predicted octanol–water partition coefficient (Wildman–Crippen LogP) is 1.10. The number of allylic oxidation sites excluding steroid dienone is 2. The standard InChI is InChI=1S/C15H21N5.N/c1-19-8-5-13(6-9-19)20-7-3-2-4-14(20)12-10-17-15(16)18-11-12;/h2-4,7,10-11,13-14H,5-6,8-9H2,1H3,(H2,16,17,18);. The van der Waals surface area contributed by atoms with Crippen molar-refractivity contribution in [1.82, 2.24) is 25.9 Å². The van der Waals surface area contributed by atoms with Crippen LogP contribution in [0.1, 0.15) is 24.4 Å². The lowest BCUT2D eigenvalue weighted by atomic mass is 9.98. The SMILES string of the molecule is CN1CCC(N2C=CC=CC2c2cnc(N)nc2)CC1.[N]. The molecule has 21 heavy (non-hydrogen) atoms. The van der Waals surface area contributed by atoms with Gasteiger partial charge in [-0.05, 0) is 39.1 Å². The molecule has 1 fully saturated rings. The van der Waals surface area contributed by atoms with E-state index in [4.69, 9.17) is 5.73 Å². The van der Waals surface area contributed by atoms with E-state index in [0.29, 0.717) is 12.0 Å². The second-order valence-electron chi connectivity index (χ2n) is 5.53. The van der Waals surface area contributed by atoms with Gasteiger partial charge in [0.05, 0.1) is 6.04 Å². The Hall–Kier alpha value is -1.92. The summed E-state index contributed by atoms with van der Waals surface area (Å²) in [6, 6.07) is 0.795. The maximum absolute atomic E-state index is 5.58. The monoisotopic (exact) mass is 285 g/mol. The summed E-state index contributed by atoms with van der Waals surface area (Å²) in [5.41, 5.74) is 6.67. The fourth-order valence-corrected chi connectivity index (χ4v) is 2.94. The fourth-order valence-electron chi connectivity index (χ4n) is 2.94. The molecule has 3 rings (SSSR count). The lowest BCUT2D eigenvalue weighted by Gasteiger charge is -2.41. The van der Waals surface area contributed by atoms with Gasteiger partial charge in [-0.15, -0.1) is 0 Å². The molecule has 111 valence electrons. The van der Waals surface area contributed by atoms with Crippen molar-refractivity contribution in [2.75, 3.05) is 25.9 Å². The third-order valence-corrected chi connectivity index (χ3v) is 4.13. The molecule has 6 nitrogen and oxygen atoms in total. The number of hydrogen-bond donors (Lipinski definition) is 1. The van der Waals surface area contributed by atoms with E-state index in [0.717, 1.165) is 18.7 Å². The molecule has 2 aliphatic heterocycles. The number of piperidine rings is 1. The molecule has 1 saturated heterocycles. The summed E-state index contributed by atoms with van der Waals surface area (Å²) in [7, 11) is 2.19. The summed E-state index contributed by atoms with van der Waals surface area (Å²) in [5.74, 6) is 0.329. The smallest absolute Gasteiger partial charge is 0.219 e. The number of anilines is 1. The van der Waals surface area contributed by atoms with Crippen LogP contribution >= 0.6 is 0 Å². The molecule has 1 aromatic rings. The second kappa shape index (κ2) is 6.69. The van der Waals surface area contributed by atoms with Crippen LogP contribution in [0, 0.1) is 0 Å². The zero-order valence-electron chi connectivity index (χ0n) is 12.3. The average molecular weight is 285 g/mol. The molecule has 3 heterocycles. The molecule has 2 N–H and O–H groups in total. The van der Waals surface area contributed by atoms with Crippen molar-refractivity contribution in [3.63, 3.8) is 0 Å². The van der Waals surface area contributed by atoms with E-state index < -0.39 is 0 Å². The highest BCUT2D eigenvalue weighted by Crippen LogP contribution is 2.30. The first-order valence-electron chi connectivity index (χ1n) is 7.12. The Bertz CT molecular complexity index is 501. The second-order valence-corrected chi connectivity index (χ2v) is 5.53. The number of rotatable bonds is 2. The number of nitrogens with two attached hydrogens (primary N) is 1. The van der Waals surface area contributed by atoms with Crippen LogP contribution in [0.4, 0.5) is 5.95 Å². The minimum absolute atomic E-state index is 0. The maximum atomic E-state index is 5.58. The van der Waals surface area contributed by atoms with Crippen LogP contribution < -0.4 is 11.9 Å². The van der Waals surface area contributed by atoms with Gasteiger partial charge < -0.3 is 15.5 Å². The van der Waals surface area contributed by atoms with Crippen LogP contribution in [0.3, 0.4) is 0 Å². The molecule has 6 heteroatoms. The summed E-state index contributed by atoms with van der Waals surface area (Å²) < 4.78 is 0. The van der Waals surface area contributed by atoms with Gasteiger partial charge in [0, 0.05) is 36.3 Å². The third kappa shape index (κ3) is 3.40. The number of likely N-dealkylation sites (tertiary alicyclic amines) is 1. The Morgan fingerprint density at radius 3 is 2.48 bits per heavy atom. The number of nitrogens with zero attached hydrogens (tertiary/aromatic N) is 5. The lowest BCUT2D eigenvalue weighted by Crippen LogP contribution is -2.43. The first-order chi connectivity index (χ1) is 9.74. The normalized spacial score (nSPS) is 23.1. The molecular weight excluding hydrogens is 264 g/mol. The number of hydrogen-bond acceptors (Lipinski definition) is 5. The molecular formula is C15H21N6. The van der Waals surface area contributed by atoms with Crippen LogP contribution in [0.25, 0.3) is 0 Å². The molecule has 1 atom stereocenters. The van der Waals surface area contributed by atoms with E-state index in [1.54, 1.807) is 0 Å². The predicted molar refractivity (Wildman–Crippen MR) is 82.0 cm³/mol. The summed E-state index contributed by atoms with van der Waals surface area (Å²) in [6.07, 6.45) is 14.6. The Morgan fingerprint density at radius 1 is 1.14 bits per heavy atom. The zero-order valence-corrected chi connectivity index (χ0v) is 12.3. The average Bonchev–Trinajstić information content (AvgIpc) is 2.49. The van der Waals surface area contributed by atoms with Gasteiger partial charge >= 0.3 is 0 Å². The highest BCUT2D eigenvalue weighted by Gasteiger charge is 2.27. The minimum Gasteiger partial charge on any atom is -0.368 e. The Balaban J connectivity index is 0.00000161. The highest BCUT2D eigenvalue weighted by molar-refractivity contribution is 5.27. The highest BCUT2D eigenvalue weighted by atomic mass is 15.2. The van der Waals surface area contributed by atoms with Gasteiger partial charge in [0.25, 0.3) is 0 Å². The van der Waals surface area contributed by atoms with Crippen LogP contribution in [0.15, 0.2) is 36.8 Å². The molecule has 0 aliphatic carbocycles. The van der Waals surface area contributed by atoms with Crippen molar-refractivity contribution >= 4 is 5.95 Å². The van der Waals surface area contributed by atoms with Crippen molar-refractivity contribution in [2.45, 2.75) is 24.9 Å². The van der Waals surface area contributed by atoms with Crippen LogP contribution in [0.5, 0.6) is 0 Å². The Morgan fingerprint density at radius 2 is 1.81 bits per heavy atom. The molecule has 3 radical (unpaired) electrons. The van der Waals surface area contributed by atoms with Gasteiger partial charge in [0.15, 0.2) is 0 Å². The molecule has 1 aromatic heterocycles. The van der Waals surface area contributed by atoms with Gasteiger partial charge in [-0.1, -0.05) is 12.2 Å². The van der Waals surface area contributed by atoms with E-state index in [2.05, 4.69) is 51.2 Å². The van der Waals surface area contributed by atoms with Crippen molar-refractivity contribution in [1.29, 1.82) is 0 Å². The van der Waals surface area contributed by atoms with Crippen LogP contribution in [-0.4, -0.2) is 45.9 Å². The van der Waals surface area contributed by atoms with Crippen molar-refractivity contribution < 1.29 is 0 Å². The number of nitrogen functional groups attached to an aromatic ring is 1. The summed E-state index contributed by atoms with van der Waals surface area (Å²) >= 11 is 0. The molecule has 0 saturated carbocycles. The molecule has 1 unspecified atom stereocenters. The van der Waals surface area contributed by atoms with E-state index in [-0.39, 0.29) is 12.2 Å². The van der Waals surface area contributed by atoms with Crippen LogP contribution in [0.2, 0.25) is 0 Å². The first kappa shape index (κ1) is 15.5. The van der Waals surface area contributed by atoms with Gasteiger partial charge in [-0.3, -0.25) is 0 Å². The molecule has 0 aromatic carbocycles. The quantitative estimate of drug-likeness (QED) is 0.879. The van der Waals surface area contributed by atoms with Crippen molar-refractivity contribution in [3.8, 4) is 0 Å². The van der Waals surface area contributed by atoms with Crippen molar-refractivity contribution in [3.05, 3.63) is 42.4 Å². The summed E-state index contributed by atoms with van der Waals surface area (Å²) in [6.45, 7) is 2.31. The van der Waals surface area contributed by atoms with E-state index in [9.17, 15) is 0 Å². The van der Waals surface area contributed by atoms with Gasteiger partial charge in [-0.2, -0.15) is 0 Å². The summed E-state index contributed by atoms with van der Waals surface area (Å²) in [4.78, 5) is 13.1. The third-order valence-electron chi connectivity index (χ3n) is 4.13. The Kier molecular flexibility index (Phi) is 4.93. The zero-order chi connectivity index (χ0) is 13.9. The first-order valence-corrected chi connectivity index (χ1v) is 7.12. The van der Waals surface area contributed by atoms with Crippen LogP contribution in [-0.2, 0) is 0 Å². The molecule has 0 spiro atoms. The van der Waals surface area contributed by atoms with Gasteiger partial charge in [0.2, 0.25) is 5.95 Å². The molecule has 0 bridgehead atoms. The maximum Gasteiger partial charge on any atom is 0.219 e. The van der Waals surface area contributed by atoms with Gasteiger partial charge in [0.1, 0.15) is 0 Å². The topological polar surface area (TPSA) is 88.8 Å². The largest absolute Gasteiger partial charge is 0.368 e. The number of aromatic nitrogens is 2. The van der Waals surface area contributed by atoms with Crippen molar-refractivity contribution in [2.24, 2.45) is 0 Å².